The summed E-state index contributed by atoms with van der Waals surface area (Å²) in [5, 5.41) is 0. The Bertz CT molecular complexity index is 799. The van der Waals surface area contributed by atoms with Gasteiger partial charge in [-0.1, -0.05) is 46.9 Å². The fourth-order valence-corrected chi connectivity index (χ4v) is 4.27. The van der Waals surface area contributed by atoms with Gasteiger partial charge >= 0.3 is 0 Å². The van der Waals surface area contributed by atoms with E-state index in [4.69, 9.17) is 0 Å². The standard InChI is InChI=1S/C20H21BS/c1-12-14(3)20(21)15(4)13(2)19(12)18-11-10-17(22-18)16-8-6-5-7-9-16/h5-11H,21H2,1-4H3. The maximum absolute atomic E-state index is 2.27. The molecule has 0 aliphatic carbocycles. The van der Waals surface area contributed by atoms with Gasteiger partial charge < -0.3 is 0 Å². The molecule has 0 spiro atoms. The van der Waals surface area contributed by atoms with Crippen LogP contribution in [0.2, 0.25) is 0 Å². The molecule has 0 amide bonds. The van der Waals surface area contributed by atoms with Crippen molar-refractivity contribution >= 4 is 24.6 Å². The Morgan fingerprint density at radius 1 is 0.682 bits per heavy atom. The summed E-state index contributed by atoms with van der Waals surface area (Å²) in [5.41, 5.74) is 9.84. The van der Waals surface area contributed by atoms with Gasteiger partial charge in [-0.3, -0.25) is 0 Å². The van der Waals surface area contributed by atoms with Gasteiger partial charge in [0, 0.05) is 9.75 Å². The molecule has 0 fully saturated rings. The maximum Gasteiger partial charge on any atom is 0.140 e. The van der Waals surface area contributed by atoms with E-state index in [-0.39, 0.29) is 0 Å². The summed E-state index contributed by atoms with van der Waals surface area (Å²) in [6.07, 6.45) is 0. The molecule has 0 aliphatic rings. The lowest BCUT2D eigenvalue weighted by molar-refractivity contribution is 1.28. The lowest BCUT2D eigenvalue weighted by atomic mass is 9.79. The van der Waals surface area contributed by atoms with Crippen molar-refractivity contribution in [3.63, 3.8) is 0 Å². The third-order valence-electron chi connectivity index (χ3n) is 4.91. The van der Waals surface area contributed by atoms with Crippen LogP contribution >= 0.6 is 11.3 Å². The molecule has 3 rings (SSSR count). The topological polar surface area (TPSA) is 0 Å². The Balaban J connectivity index is 2.16. The second-order valence-corrected chi connectivity index (χ2v) is 7.11. The Morgan fingerprint density at radius 2 is 1.23 bits per heavy atom. The smallest absolute Gasteiger partial charge is 0.135 e. The minimum atomic E-state index is 1.30. The van der Waals surface area contributed by atoms with Gasteiger partial charge in [-0.25, -0.2) is 0 Å². The molecular weight excluding hydrogens is 283 g/mol. The summed E-state index contributed by atoms with van der Waals surface area (Å²) < 4.78 is 0. The average molecular weight is 304 g/mol. The van der Waals surface area contributed by atoms with E-state index in [1.165, 1.54) is 48.6 Å². The first-order chi connectivity index (χ1) is 10.5. The number of rotatable bonds is 2. The molecule has 0 bridgehead atoms. The van der Waals surface area contributed by atoms with E-state index in [1.807, 2.05) is 11.3 Å². The van der Waals surface area contributed by atoms with Crippen LogP contribution in [-0.2, 0) is 0 Å². The lowest BCUT2D eigenvalue weighted by Gasteiger charge is -2.18. The van der Waals surface area contributed by atoms with Gasteiger partial charge in [-0.2, -0.15) is 0 Å². The van der Waals surface area contributed by atoms with Gasteiger partial charge in [0.25, 0.3) is 0 Å². The molecule has 110 valence electrons. The van der Waals surface area contributed by atoms with Crippen molar-refractivity contribution in [2.45, 2.75) is 27.7 Å². The molecule has 22 heavy (non-hydrogen) atoms. The van der Waals surface area contributed by atoms with Crippen molar-refractivity contribution in [3.8, 4) is 20.9 Å². The summed E-state index contributed by atoms with van der Waals surface area (Å²) in [7, 11) is 2.23. The summed E-state index contributed by atoms with van der Waals surface area (Å²) in [6, 6.07) is 15.2. The largest absolute Gasteiger partial charge is 0.140 e. The van der Waals surface area contributed by atoms with Gasteiger partial charge in [0.15, 0.2) is 0 Å². The predicted molar refractivity (Wildman–Crippen MR) is 102 cm³/mol. The van der Waals surface area contributed by atoms with Crippen LogP contribution in [0.5, 0.6) is 0 Å². The van der Waals surface area contributed by atoms with E-state index in [9.17, 15) is 0 Å². The summed E-state index contributed by atoms with van der Waals surface area (Å²) >= 11 is 1.89. The van der Waals surface area contributed by atoms with Crippen LogP contribution in [0.1, 0.15) is 22.3 Å². The molecule has 0 N–H and O–H groups in total. The number of hydrogen-bond donors (Lipinski definition) is 0. The van der Waals surface area contributed by atoms with Crippen LogP contribution in [0.25, 0.3) is 20.9 Å². The van der Waals surface area contributed by atoms with Crippen LogP contribution < -0.4 is 5.46 Å². The lowest BCUT2D eigenvalue weighted by Crippen LogP contribution is -2.16. The summed E-state index contributed by atoms with van der Waals surface area (Å²) in [4.78, 5) is 2.71. The summed E-state index contributed by atoms with van der Waals surface area (Å²) in [6.45, 7) is 9.00. The van der Waals surface area contributed by atoms with Gasteiger partial charge in [0.05, 0.1) is 0 Å². The first-order valence-corrected chi connectivity index (χ1v) is 8.55. The molecule has 0 unspecified atom stereocenters. The van der Waals surface area contributed by atoms with Crippen molar-refractivity contribution < 1.29 is 0 Å². The second kappa shape index (κ2) is 5.77. The monoisotopic (exact) mass is 304 g/mol. The third kappa shape index (κ3) is 2.42. The van der Waals surface area contributed by atoms with E-state index in [1.54, 1.807) is 0 Å². The van der Waals surface area contributed by atoms with E-state index in [0.717, 1.165) is 0 Å². The van der Waals surface area contributed by atoms with Crippen molar-refractivity contribution in [2.75, 3.05) is 0 Å². The normalized spacial score (nSPS) is 10.9. The highest BCUT2D eigenvalue weighted by atomic mass is 32.1. The van der Waals surface area contributed by atoms with Gasteiger partial charge in [-0.15, -0.1) is 11.3 Å². The minimum Gasteiger partial charge on any atom is -0.135 e. The molecular formula is C20H21BS. The number of benzene rings is 2. The summed E-state index contributed by atoms with van der Waals surface area (Å²) in [5.74, 6) is 0. The Kier molecular flexibility index (Phi) is 3.97. The van der Waals surface area contributed by atoms with Crippen molar-refractivity contribution in [1.82, 2.24) is 0 Å². The van der Waals surface area contributed by atoms with Gasteiger partial charge in [0.1, 0.15) is 7.85 Å². The third-order valence-corrected chi connectivity index (χ3v) is 6.06. The molecule has 3 aromatic rings. The molecule has 2 heteroatoms. The predicted octanol–water partition coefficient (Wildman–Crippen LogP) is 4.57. The highest BCUT2D eigenvalue weighted by molar-refractivity contribution is 7.18. The molecule has 0 aliphatic heterocycles. The minimum absolute atomic E-state index is 1.30. The molecule has 2 aromatic carbocycles. The second-order valence-electron chi connectivity index (χ2n) is 6.03. The highest BCUT2D eigenvalue weighted by Gasteiger charge is 2.15. The zero-order valence-electron chi connectivity index (χ0n) is 13.9. The van der Waals surface area contributed by atoms with E-state index < -0.39 is 0 Å². The van der Waals surface area contributed by atoms with Crippen molar-refractivity contribution in [1.29, 1.82) is 0 Å². The Morgan fingerprint density at radius 3 is 1.82 bits per heavy atom. The molecule has 1 aromatic heterocycles. The molecule has 0 saturated heterocycles. The zero-order valence-corrected chi connectivity index (χ0v) is 14.8. The first-order valence-electron chi connectivity index (χ1n) is 7.73. The SMILES string of the molecule is Bc1c(C)c(C)c(-c2ccc(-c3ccccc3)s2)c(C)c1C. The van der Waals surface area contributed by atoms with Crippen molar-refractivity contribution in [2.24, 2.45) is 0 Å². The molecule has 0 saturated carbocycles. The fourth-order valence-electron chi connectivity index (χ4n) is 3.10. The number of hydrogen-bond acceptors (Lipinski definition) is 1. The van der Waals surface area contributed by atoms with Crippen molar-refractivity contribution in [3.05, 3.63) is 64.7 Å². The van der Waals surface area contributed by atoms with Gasteiger partial charge in [0.2, 0.25) is 0 Å². The van der Waals surface area contributed by atoms with E-state index >= 15 is 0 Å². The van der Waals surface area contributed by atoms with Crippen LogP contribution in [0.4, 0.5) is 0 Å². The van der Waals surface area contributed by atoms with Crippen LogP contribution in [0.15, 0.2) is 42.5 Å². The maximum atomic E-state index is 2.27. The fraction of sp³-hybridized carbons (Fsp3) is 0.200. The Labute approximate surface area is 138 Å². The highest BCUT2D eigenvalue weighted by Crippen LogP contribution is 2.38. The molecule has 0 radical (unpaired) electrons. The first kappa shape index (κ1) is 15.1. The van der Waals surface area contributed by atoms with Crippen LogP contribution in [0.3, 0.4) is 0 Å². The van der Waals surface area contributed by atoms with E-state index in [0.29, 0.717) is 0 Å². The average Bonchev–Trinajstić information content (AvgIpc) is 3.02. The van der Waals surface area contributed by atoms with Crippen LogP contribution in [-0.4, -0.2) is 7.85 Å². The van der Waals surface area contributed by atoms with E-state index in [2.05, 4.69) is 78.0 Å². The Hall–Kier alpha value is -1.80. The van der Waals surface area contributed by atoms with Crippen LogP contribution in [0, 0.1) is 27.7 Å². The number of thiophene rings is 1. The molecule has 0 nitrogen and oxygen atoms in total. The van der Waals surface area contributed by atoms with Gasteiger partial charge in [-0.05, 0) is 62.1 Å². The quantitative estimate of drug-likeness (QED) is 0.608. The molecule has 0 atom stereocenters. The zero-order chi connectivity index (χ0) is 15.9. The molecule has 1 heterocycles.